The van der Waals surface area contributed by atoms with Gasteiger partial charge in [-0.05, 0) is 57.8 Å². The largest absolute Gasteiger partial charge is 0.305 e. The van der Waals surface area contributed by atoms with Crippen molar-refractivity contribution in [2.75, 3.05) is 14.1 Å². The summed E-state index contributed by atoms with van der Waals surface area (Å²) in [6.45, 7) is 7.43. The van der Waals surface area contributed by atoms with Gasteiger partial charge in [-0.25, -0.2) is 0 Å². The third kappa shape index (κ3) is 4.03. The van der Waals surface area contributed by atoms with Crippen LogP contribution in [0.25, 0.3) is 0 Å². The topological polar surface area (TPSA) is 24.3 Å². The Labute approximate surface area is 143 Å². The summed E-state index contributed by atoms with van der Waals surface area (Å²) in [6, 6.07) is 3.14. The molecule has 0 atom stereocenters. The molecule has 0 amide bonds. The third-order valence-corrected chi connectivity index (χ3v) is 5.62. The second-order valence-electron chi connectivity index (χ2n) is 7.07. The molecule has 126 valence electrons. The van der Waals surface area contributed by atoms with Gasteiger partial charge in [-0.3, -0.25) is 9.58 Å². The van der Waals surface area contributed by atoms with Gasteiger partial charge in [0.25, 0.3) is 0 Å². The summed E-state index contributed by atoms with van der Waals surface area (Å²) in [6.07, 6.45) is 2.68. The highest BCUT2D eigenvalue weighted by molar-refractivity contribution is 7.10. The number of nitrogens with zero attached hydrogens (tertiary/aromatic N) is 4. The first-order valence-corrected chi connectivity index (χ1v) is 9.26. The molecule has 2 aromatic rings. The SMILES string of the molecule is Cc1nn(C)c(C)c1CN(Cc1cc(CN(C)C)cs1)C1CC1. The Morgan fingerprint density at radius 2 is 1.96 bits per heavy atom. The highest BCUT2D eigenvalue weighted by Gasteiger charge is 2.30. The van der Waals surface area contributed by atoms with Crippen LogP contribution < -0.4 is 0 Å². The minimum Gasteiger partial charge on any atom is -0.305 e. The van der Waals surface area contributed by atoms with Crippen molar-refractivity contribution in [3.05, 3.63) is 38.8 Å². The third-order valence-electron chi connectivity index (χ3n) is 4.65. The molecule has 0 radical (unpaired) electrons. The molecule has 5 heteroatoms. The van der Waals surface area contributed by atoms with E-state index in [0.717, 1.165) is 25.7 Å². The minimum atomic E-state index is 0.758. The molecule has 1 fully saturated rings. The lowest BCUT2D eigenvalue weighted by atomic mass is 10.1. The van der Waals surface area contributed by atoms with E-state index in [9.17, 15) is 0 Å². The van der Waals surface area contributed by atoms with Gasteiger partial charge >= 0.3 is 0 Å². The van der Waals surface area contributed by atoms with E-state index in [1.165, 1.54) is 40.2 Å². The number of hydrogen-bond acceptors (Lipinski definition) is 4. The van der Waals surface area contributed by atoms with Gasteiger partial charge in [0.2, 0.25) is 0 Å². The molecule has 4 nitrogen and oxygen atoms in total. The van der Waals surface area contributed by atoms with Gasteiger partial charge in [0.15, 0.2) is 0 Å². The molecule has 23 heavy (non-hydrogen) atoms. The van der Waals surface area contributed by atoms with E-state index in [4.69, 9.17) is 0 Å². The van der Waals surface area contributed by atoms with Crippen LogP contribution in [0.5, 0.6) is 0 Å². The molecule has 0 N–H and O–H groups in total. The van der Waals surface area contributed by atoms with Crippen molar-refractivity contribution in [2.45, 2.75) is 52.4 Å². The molecule has 0 saturated heterocycles. The van der Waals surface area contributed by atoms with Gasteiger partial charge in [-0.1, -0.05) is 0 Å². The Kier molecular flexibility index (Phi) is 4.90. The average molecular weight is 333 g/mol. The van der Waals surface area contributed by atoms with Crippen LogP contribution in [0, 0.1) is 13.8 Å². The predicted molar refractivity (Wildman–Crippen MR) is 96.7 cm³/mol. The summed E-state index contributed by atoms with van der Waals surface area (Å²) in [5, 5.41) is 6.88. The van der Waals surface area contributed by atoms with Gasteiger partial charge in [-0.15, -0.1) is 11.3 Å². The molecule has 3 rings (SSSR count). The summed E-state index contributed by atoms with van der Waals surface area (Å²) in [7, 11) is 6.30. The van der Waals surface area contributed by atoms with E-state index in [2.05, 4.69) is 54.3 Å². The second-order valence-corrected chi connectivity index (χ2v) is 8.06. The molecule has 0 unspecified atom stereocenters. The summed E-state index contributed by atoms with van der Waals surface area (Å²) in [5.41, 5.74) is 5.31. The monoisotopic (exact) mass is 332 g/mol. The fraction of sp³-hybridized carbons (Fsp3) is 0.611. The summed E-state index contributed by atoms with van der Waals surface area (Å²) in [4.78, 5) is 6.35. The van der Waals surface area contributed by atoms with Crippen molar-refractivity contribution >= 4 is 11.3 Å². The summed E-state index contributed by atoms with van der Waals surface area (Å²) >= 11 is 1.90. The molecule has 0 aliphatic heterocycles. The van der Waals surface area contributed by atoms with Crippen LogP contribution in [-0.4, -0.2) is 39.7 Å². The smallest absolute Gasteiger partial charge is 0.0641 e. The van der Waals surface area contributed by atoms with Crippen LogP contribution in [0.4, 0.5) is 0 Å². The van der Waals surface area contributed by atoms with E-state index in [1.807, 2.05) is 23.1 Å². The van der Waals surface area contributed by atoms with Crippen LogP contribution >= 0.6 is 11.3 Å². The Morgan fingerprint density at radius 3 is 2.52 bits per heavy atom. The molecule has 0 spiro atoms. The quantitative estimate of drug-likeness (QED) is 0.777. The molecule has 1 aliphatic rings. The molecule has 0 bridgehead atoms. The zero-order valence-corrected chi connectivity index (χ0v) is 15.8. The average Bonchev–Trinajstić information content (AvgIpc) is 3.19. The van der Waals surface area contributed by atoms with Gasteiger partial charge in [0.1, 0.15) is 0 Å². The Morgan fingerprint density at radius 1 is 1.22 bits per heavy atom. The van der Waals surface area contributed by atoms with Crippen LogP contribution in [0.2, 0.25) is 0 Å². The van der Waals surface area contributed by atoms with Crippen molar-refractivity contribution < 1.29 is 0 Å². The first-order valence-electron chi connectivity index (χ1n) is 8.38. The lowest BCUT2D eigenvalue weighted by Gasteiger charge is -2.21. The van der Waals surface area contributed by atoms with Gasteiger partial charge in [0.05, 0.1) is 5.69 Å². The first kappa shape index (κ1) is 16.7. The van der Waals surface area contributed by atoms with Gasteiger partial charge < -0.3 is 4.90 Å². The summed E-state index contributed by atoms with van der Waals surface area (Å²) in [5.74, 6) is 0. The minimum absolute atomic E-state index is 0.758. The van der Waals surface area contributed by atoms with E-state index in [0.29, 0.717) is 0 Å². The van der Waals surface area contributed by atoms with Gasteiger partial charge in [0, 0.05) is 48.9 Å². The maximum Gasteiger partial charge on any atom is 0.0641 e. The molecule has 0 aromatic carbocycles. The zero-order valence-electron chi connectivity index (χ0n) is 15.0. The van der Waals surface area contributed by atoms with Crippen LogP contribution in [0.3, 0.4) is 0 Å². The number of thiophene rings is 1. The first-order chi connectivity index (χ1) is 10.9. The van der Waals surface area contributed by atoms with E-state index >= 15 is 0 Å². The van der Waals surface area contributed by atoms with Crippen molar-refractivity contribution in [3.63, 3.8) is 0 Å². The normalized spacial score (nSPS) is 15.1. The molecule has 1 saturated carbocycles. The molecule has 2 heterocycles. The van der Waals surface area contributed by atoms with Crippen LogP contribution in [0.15, 0.2) is 11.4 Å². The number of aryl methyl sites for hydroxylation is 2. The van der Waals surface area contributed by atoms with Crippen molar-refractivity contribution in [1.82, 2.24) is 19.6 Å². The molecule has 2 aromatic heterocycles. The van der Waals surface area contributed by atoms with Crippen molar-refractivity contribution in [2.24, 2.45) is 7.05 Å². The Balaban J connectivity index is 1.71. The molecule has 1 aliphatic carbocycles. The highest BCUT2D eigenvalue weighted by Crippen LogP contribution is 2.32. The van der Waals surface area contributed by atoms with E-state index in [-0.39, 0.29) is 0 Å². The van der Waals surface area contributed by atoms with Crippen molar-refractivity contribution in [3.8, 4) is 0 Å². The Bertz CT molecular complexity index is 667. The van der Waals surface area contributed by atoms with Crippen LogP contribution in [0.1, 0.15) is 40.2 Å². The lowest BCUT2D eigenvalue weighted by Crippen LogP contribution is -2.25. The van der Waals surface area contributed by atoms with E-state index < -0.39 is 0 Å². The summed E-state index contributed by atoms with van der Waals surface area (Å²) < 4.78 is 2.01. The second kappa shape index (κ2) is 6.75. The molecular weight excluding hydrogens is 304 g/mol. The fourth-order valence-corrected chi connectivity index (χ4v) is 4.07. The Hall–Kier alpha value is -1.17. The number of aromatic nitrogens is 2. The van der Waals surface area contributed by atoms with Crippen LogP contribution in [-0.2, 0) is 26.7 Å². The predicted octanol–water partition coefficient (Wildman–Crippen LogP) is 3.32. The zero-order chi connectivity index (χ0) is 16.6. The maximum absolute atomic E-state index is 4.57. The van der Waals surface area contributed by atoms with Crippen molar-refractivity contribution in [1.29, 1.82) is 0 Å². The van der Waals surface area contributed by atoms with E-state index in [1.54, 1.807) is 0 Å². The maximum atomic E-state index is 4.57. The van der Waals surface area contributed by atoms with Gasteiger partial charge in [-0.2, -0.15) is 5.10 Å². The number of rotatable bonds is 7. The fourth-order valence-electron chi connectivity index (χ4n) is 3.16. The highest BCUT2D eigenvalue weighted by atomic mass is 32.1. The molecular formula is C18H28N4S. The lowest BCUT2D eigenvalue weighted by molar-refractivity contribution is 0.247. The standard InChI is InChI=1S/C18H28N4S/c1-13-18(14(2)21(5)19-13)11-22(16-6-7-16)10-17-8-15(12-23-17)9-20(3)4/h8,12,16H,6-7,9-11H2,1-5H3. The number of hydrogen-bond donors (Lipinski definition) is 0.